The van der Waals surface area contributed by atoms with Crippen LogP contribution in [-0.4, -0.2) is 45.9 Å². The van der Waals surface area contributed by atoms with Crippen LogP contribution >= 0.6 is 22.9 Å². The summed E-state index contributed by atoms with van der Waals surface area (Å²) in [6, 6.07) is 7.58. The van der Waals surface area contributed by atoms with E-state index in [4.69, 9.17) is 16.6 Å². The molecule has 0 bridgehead atoms. The van der Waals surface area contributed by atoms with Gasteiger partial charge in [0.25, 0.3) is 0 Å². The van der Waals surface area contributed by atoms with Gasteiger partial charge >= 0.3 is 6.36 Å². The van der Waals surface area contributed by atoms with E-state index in [9.17, 15) is 18.0 Å². The zero-order chi connectivity index (χ0) is 25.2. The second kappa shape index (κ2) is 8.39. The molecule has 1 spiro atoms. The van der Waals surface area contributed by atoms with Gasteiger partial charge < -0.3 is 5.32 Å². The molecule has 2 aromatic heterocycles. The van der Waals surface area contributed by atoms with Crippen molar-refractivity contribution in [2.24, 2.45) is 10.9 Å². The Labute approximate surface area is 213 Å². The topological polar surface area (TPSA) is 81.4 Å². The van der Waals surface area contributed by atoms with Gasteiger partial charge in [0, 0.05) is 33.5 Å². The summed E-state index contributed by atoms with van der Waals surface area (Å²) in [5, 5.41) is 13.0. The van der Waals surface area contributed by atoms with Crippen molar-refractivity contribution in [2.75, 3.05) is 13.2 Å². The van der Waals surface area contributed by atoms with Crippen molar-refractivity contribution < 1.29 is 22.7 Å². The van der Waals surface area contributed by atoms with Gasteiger partial charge in [-0.1, -0.05) is 29.8 Å². The number of amides is 1. The Hall–Kier alpha value is -2.76. The lowest BCUT2D eigenvalue weighted by Crippen LogP contribution is -2.34. The fourth-order valence-corrected chi connectivity index (χ4v) is 6.71. The van der Waals surface area contributed by atoms with E-state index in [2.05, 4.69) is 24.8 Å². The highest BCUT2D eigenvalue weighted by molar-refractivity contribution is 7.15. The van der Waals surface area contributed by atoms with Gasteiger partial charge in [0.2, 0.25) is 5.91 Å². The molecule has 2 aliphatic carbocycles. The lowest BCUT2D eigenvalue weighted by molar-refractivity contribution is -0.323. The van der Waals surface area contributed by atoms with E-state index in [0.717, 1.165) is 56.8 Å². The number of aliphatic imine (C=N–C) groups is 1. The van der Waals surface area contributed by atoms with Crippen LogP contribution in [0.2, 0.25) is 5.02 Å². The number of benzene rings is 1. The van der Waals surface area contributed by atoms with Crippen LogP contribution in [0, 0.1) is 12.8 Å². The maximum atomic E-state index is 12.8. The van der Waals surface area contributed by atoms with Gasteiger partial charge in [-0.15, -0.1) is 34.7 Å². The molecule has 12 heteroatoms. The minimum absolute atomic E-state index is 0.210. The van der Waals surface area contributed by atoms with Crippen molar-refractivity contribution in [3.05, 3.63) is 62.5 Å². The number of hydrogen-bond donors (Lipinski definition) is 1. The Morgan fingerprint density at radius 2 is 2.06 bits per heavy atom. The number of carbonyl (C=O) groups is 1. The first-order chi connectivity index (χ1) is 17.2. The highest BCUT2D eigenvalue weighted by atomic mass is 35.5. The highest BCUT2D eigenvalue weighted by Gasteiger charge is 2.52. The van der Waals surface area contributed by atoms with E-state index in [-0.39, 0.29) is 18.4 Å². The third-order valence-corrected chi connectivity index (χ3v) is 8.42. The molecule has 0 unspecified atom stereocenters. The number of nitrogens with zero attached hydrogens (tertiary/aromatic N) is 4. The van der Waals surface area contributed by atoms with Crippen LogP contribution in [0.3, 0.4) is 0 Å². The average molecular weight is 536 g/mol. The molecule has 3 aliphatic rings. The third kappa shape index (κ3) is 3.93. The van der Waals surface area contributed by atoms with Gasteiger partial charge in [-0.25, -0.2) is 0 Å². The Morgan fingerprint density at radius 1 is 1.28 bits per heavy atom. The Balaban J connectivity index is 1.37. The van der Waals surface area contributed by atoms with Gasteiger partial charge in [0.1, 0.15) is 16.4 Å². The Kier molecular flexibility index (Phi) is 5.51. The first-order valence-electron chi connectivity index (χ1n) is 11.6. The summed E-state index contributed by atoms with van der Waals surface area (Å²) in [4.78, 5) is 19.1. The first-order valence-corrected chi connectivity index (χ1v) is 12.8. The SMILES string of the molecule is Cc1nnc2n1-c1sc3c(c1C(c1ccccc1Cl)=NC21CC1)C[C@H](C(=O)NCCOC(F)(F)F)C3. The molecule has 7 nitrogen and oxygen atoms in total. The van der Waals surface area contributed by atoms with Crippen LogP contribution in [0.15, 0.2) is 29.3 Å². The second-order valence-corrected chi connectivity index (χ2v) is 10.7. The van der Waals surface area contributed by atoms with Crippen LogP contribution in [0.4, 0.5) is 13.2 Å². The molecule has 3 heterocycles. The summed E-state index contributed by atoms with van der Waals surface area (Å²) >= 11 is 8.23. The van der Waals surface area contributed by atoms with E-state index >= 15 is 0 Å². The molecule has 0 radical (unpaired) electrons. The summed E-state index contributed by atoms with van der Waals surface area (Å²) in [5.41, 5.74) is 3.12. The normalized spacial score (nSPS) is 19.4. The largest absolute Gasteiger partial charge is 0.522 e. The minimum Gasteiger partial charge on any atom is -0.354 e. The van der Waals surface area contributed by atoms with E-state index < -0.39 is 18.5 Å². The molecular weight excluding hydrogens is 515 g/mol. The number of thiophene rings is 1. The highest BCUT2D eigenvalue weighted by Crippen LogP contribution is 2.54. The van der Waals surface area contributed by atoms with E-state index in [1.165, 1.54) is 0 Å². The monoisotopic (exact) mass is 535 g/mol. The lowest BCUT2D eigenvalue weighted by atomic mass is 9.97. The molecule has 36 heavy (non-hydrogen) atoms. The predicted octanol–water partition coefficient (Wildman–Crippen LogP) is 4.50. The number of halogens is 4. The minimum atomic E-state index is -4.72. The molecule has 1 amide bonds. The summed E-state index contributed by atoms with van der Waals surface area (Å²) in [7, 11) is 0. The summed E-state index contributed by atoms with van der Waals surface area (Å²) in [6.45, 7) is 1.08. The smallest absolute Gasteiger partial charge is 0.354 e. The molecule has 1 aromatic carbocycles. The molecule has 1 fully saturated rings. The maximum Gasteiger partial charge on any atom is 0.522 e. The molecular formula is C24H21ClF3N5O2S. The molecule has 3 aromatic rings. The van der Waals surface area contributed by atoms with Gasteiger partial charge in [-0.3, -0.25) is 19.1 Å². The first kappa shape index (κ1) is 23.6. The van der Waals surface area contributed by atoms with Crippen molar-refractivity contribution >= 4 is 34.6 Å². The van der Waals surface area contributed by atoms with Crippen molar-refractivity contribution in [2.45, 2.75) is 44.5 Å². The number of aromatic nitrogens is 3. The number of rotatable bonds is 5. The second-order valence-electron chi connectivity index (χ2n) is 9.25. The van der Waals surface area contributed by atoms with Crippen LogP contribution in [0.25, 0.3) is 5.00 Å². The van der Waals surface area contributed by atoms with Crippen LogP contribution < -0.4 is 5.32 Å². The van der Waals surface area contributed by atoms with Crippen molar-refractivity contribution in [1.29, 1.82) is 0 Å². The fourth-order valence-electron chi connectivity index (χ4n) is 5.02. The predicted molar refractivity (Wildman–Crippen MR) is 128 cm³/mol. The molecule has 1 N–H and O–H groups in total. The zero-order valence-corrected chi connectivity index (χ0v) is 20.7. The number of hydrogen-bond acceptors (Lipinski definition) is 6. The number of ether oxygens (including phenoxy) is 1. The summed E-state index contributed by atoms with van der Waals surface area (Å²) < 4.78 is 42.5. The van der Waals surface area contributed by atoms with Gasteiger partial charge in [0.05, 0.1) is 12.3 Å². The Morgan fingerprint density at radius 3 is 2.78 bits per heavy atom. The van der Waals surface area contributed by atoms with Gasteiger partial charge in [-0.2, -0.15) is 0 Å². The van der Waals surface area contributed by atoms with Crippen LogP contribution in [-0.2, 0) is 27.9 Å². The summed E-state index contributed by atoms with van der Waals surface area (Å²) in [6.07, 6.45) is -2.04. The fraction of sp³-hybridized carbons (Fsp3) is 0.417. The zero-order valence-electron chi connectivity index (χ0n) is 19.2. The standard InChI is InChI=1S/C24H21ClF3N5O2S/c1-12-31-32-22-23(6-7-23)30-19(14-4-2-3-5-16(14)25)18-15-10-13(11-17(15)36-21(18)33(12)22)20(34)29-8-9-35-24(26,27)28/h2-5,13H,6-11H2,1H3,(H,29,34)/t13-/m0/s1. The van der Waals surface area contributed by atoms with Crippen molar-refractivity contribution in [3.63, 3.8) is 0 Å². The van der Waals surface area contributed by atoms with Crippen molar-refractivity contribution in [1.82, 2.24) is 20.1 Å². The van der Waals surface area contributed by atoms with Crippen molar-refractivity contribution in [3.8, 4) is 5.00 Å². The molecule has 188 valence electrons. The van der Waals surface area contributed by atoms with E-state index in [0.29, 0.717) is 17.9 Å². The van der Waals surface area contributed by atoms with Crippen LogP contribution in [0.5, 0.6) is 0 Å². The molecule has 0 saturated heterocycles. The molecule has 1 aliphatic heterocycles. The van der Waals surface area contributed by atoms with Gasteiger partial charge in [0.15, 0.2) is 5.82 Å². The number of nitrogens with one attached hydrogen (secondary N) is 1. The molecule has 1 atom stereocenters. The quantitative estimate of drug-likeness (QED) is 0.488. The summed E-state index contributed by atoms with van der Waals surface area (Å²) in [5.74, 6) is 0.923. The van der Waals surface area contributed by atoms with E-state index in [1.807, 2.05) is 31.2 Å². The third-order valence-electron chi connectivity index (χ3n) is 6.85. The van der Waals surface area contributed by atoms with Crippen LogP contribution in [0.1, 0.15) is 46.1 Å². The lowest BCUT2D eigenvalue weighted by Gasteiger charge is -2.14. The molecule has 6 rings (SSSR count). The Bertz CT molecular complexity index is 1410. The molecule has 1 saturated carbocycles. The number of fused-ring (bicyclic) bond motifs is 6. The number of carbonyl (C=O) groups excluding carboxylic acids is 1. The van der Waals surface area contributed by atoms with Gasteiger partial charge in [-0.05, 0) is 44.2 Å². The maximum absolute atomic E-state index is 12.8. The number of aryl methyl sites for hydroxylation is 1. The number of alkyl halides is 3. The van der Waals surface area contributed by atoms with E-state index in [1.54, 1.807) is 11.3 Å². The average Bonchev–Trinajstić information content (AvgIpc) is 3.16.